The maximum Gasteiger partial charge on any atom is 0.0702 e. The molecule has 0 radical (unpaired) electrons. The number of nitrogens with zero attached hydrogens (tertiary/aromatic N) is 1. The molecule has 78 valence electrons. The van der Waals surface area contributed by atoms with Crippen LogP contribution in [0.5, 0.6) is 0 Å². The van der Waals surface area contributed by atoms with E-state index < -0.39 is 0 Å². The Morgan fingerprint density at radius 1 is 1.40 bits per heavy atom. The SMILES string of the molecule is Cc1cncc(NCc2ccc(Br)s2)c1. The number of pyridine rings is 1. The summed E-state index contributed by atoms with van der Waals surface area (Å²) in [6.07, 6.45) is 3.70. The van der Waals surface area contributed by atoms with Crippen molar-refractivity contribution in [2.45, 2.75) is 13.5 Å². The monoisotopic (exact) mass is 282 g/mol. The molecule has 15 heavy (non-hydrogen) atoms. The normalized spacial score (nSPS) is 10.3. The van der Waals surface area contributed by atoms with Crippen LogP contribution < -0.4 is 5.32 Å². The van der Waals surface area contributed by atoms with Crippen molar-refractivity contribution >= 4 is 33.0 Å². The van der Waals surface area contributed by atoms with Crippen LogP contribution in [0.3, 0.4) is 0 Å². The highest BCUT2D eigenvalue weighted by Gasteiger charge is 1.98. The molecular formula is C11H11BrN2S. The Bertz CT molecular complexity index is 453. The molecule has 2 aromatic heterocycles. The summed E-state index contributed by atoms with van der Waals surface area (Å²) in [5, 5.41) is 3.34. The Kier molecular flexibility index (Phi) is 3.38. The van der Waals surface area contributed by atoms with Crippen molar-refractivity contribution in [2.75, 3.05) is 5.32 Å². The predicted octanol–water partition coefficient (Wildman–Crippen LogP) is 3.83. The molecular weight excluding hydrogens is 272 g/mol. The van der Waals surface area contributed by atoms with Crippen molar-refractivity contribution in [1.29, 1.82) is 0 Å². The Labute approximate surface area is 101 Å². The van der Waals surface area contributed by atoms with Crippen LogP contribution in [0.2, 0.25) is 0 Å². The molecule has 2 rings (SSSR count). The fourth-order valence-electron chi connectivity index (χ4n) is 1.29. The lowest BCUT2D eigenvalue weighted by molar-refractivity contribution is 1.16. The fraction of sp³-hybridized carbons (Fsp3) is 0.182. The minimum Gasteiger partial charge on any atom is -0.379 e. The minimum atomic E-state index is 0.849. The van der Waals surface area contributed by atoms with Crippen molar-refractivity contribution in [1.82, 2.24) is 4.98 Å². The third-order valence-corrected chi connectivity index (χ3v) is 3.59. The first-order valence-corrected chi connectivity index (χ1v) is 6.25. The summed E-state index contributed by atoms with van der Waals surface area (Å²) in [7, 11) is 0. The van der Waals surface area contributed by atoms with E-state index in [1.54, 1.807) is 11.3 Å². The van der Waals surface area contributed by atoms with Gasteiger partial charge in [0, 0.05) is 23.8 Å². The maximum atomic E-state index is 4.13. The lowest BCUT2D eigenvalue weighted by Crippen LogP contribution is -1.97. The summed E-state index contributed by atoms with van der Waals surface area (Å²) in [5.74, 6) is 0. The van der Waals surface area contributed by atoms with Gasteiger partial charge in [0.15, 0.2) is 0 Å². The van der Waals surface area contributed by atoms with E-state index in [-0.39, 0.29) is 0 Å². The number of hydrogen-bond acceptors (Lipinski definition) is 3. The van der Waals surface area contributed by atoms with Crippen LogP contribution in [-0.2, 0) is 6.54 Å². The van der Waals surface area contributed by atoms with Gasteiger partial charge >= 0.3 is 0 Å². The number of aryl methyl sites for hydroxylation is 1. The molecule has 0 aromatic carbocycles. The predicted molar refractivity (Wildman–Crippen MR) is 68.3 cm³/mol. The molecule has 2 aromatic rings. The van der Waals surface area contributed by atoms with Crippen LogP contribution in [0, 0.1) is 6.92 Å². The maximum absolute atomic E-state index is 4.13. The Balaban J connectivity index is 1.99. The van der Waals surface area contributed by atoms with Gasteiger partial charge in [-0.1, -0.05) is 0 Å². The molecule has 1 N–H and O–H groups in total. The van der Waals surface area contributed by atoms with Crippen LogP contribution in [0.15, 0.2) is 34.4 Å². The van der Waals surface area contributed by atoms with E-state index in [4.69, 9.17) is 0 Å². The van der Waals surface area contributed by atoms with Gasteiger partial charge in [-0.15, -0.1) is 11.3 Å². The highest BCUT2D eigenvalue weighted by molar-refractivity contribution is 9.11. The zero-order valence-corrected chi connectivity index (χ0v) is 10.7. The summed E-state index contributed by atoms with van der Waals surface area (Å²) in [5.41, 5.74) is 2.24. The smallest absolute Gasteiger partial charge is 0.0702 e. The molecule has 4 heteroatoms. The zero-order chi connectivity index (χ0) is 10.7. The largest absolute Gasteiger partial charge is 0.379 e. The average Bonchev–Trinajstić information content (AvgIpc) is 2.62. The standard InChI is InChI=1S/C11H11BrN2S/c1-8-4-9(6-13-5-8)14-7-10-2-3-11(12)15-10/h2-6,14H,7H2,1H3. The van der Waals surface area contributed by atoms with Crippen molar-refractivity contribution < 1.29 is 0 Å². The Hall–Kier alpha value is -0.870. The summed E-state index contributed by atoms with van der Waals surface area (Å²) < 4.78 is 1.17. The second-order valence-electron chi connectivity index (χ2n) is 3.31. The van der Waals surface area contributed by atoms with Crippen molar-refractivity contribution in [3.63, 3.8) is 0 Å². The van der Waals surface area contributed by atoms with Crippen molar-refractivity contribution in [3.8, 4) is 0 Å². The molecule has 0 unspecified atom stereocenters. The molecule has 2 nitrogen and oxygen atoms in total. The highest BCUT2D eigenvalue weighted by atomic mass is 79.9. The topological polar surface area (TPSA) is 24.9 Å². The molecule has 0 saturated heterocycles. The van der Waals surface area contributed by atoms with Crippen LogP contribution >= 0.6 is 27.3 Å². The molecule has 0 aliphatic heterocycles. The quantitative estimate of drug-likeness (QED) is 0.926. The molecule has 2 heterocycles. The lowest BCUT2D eigenvalue weighted by Gasteiger charge is -2.04. The summed E-state index contributed by atoms with van der Waals surface area (Å²) in [4.78, 5) is 5.44. The Morgan fingerprint density at radius 3 is 2.93 bits per heavy atom. The van der Waals surface area contributed by atoms with Gasteiger partial charge < -0.3 is 5.32 Å². The molecule has 0 aliphatic rings. The molecule has 0 aliphatic carbocycles. The van der Waals surface area contributed by atoms with E-state index in [1.165, 1.54) is 14.2 Å². The third-order valence-electron chi connectivity index (χ3n) is 1.97. The number of anilines is 1. The van der Waals surface area contributed by atoms with Crippen molar-refractivity contribution in [2.24, 2.45) is 0 Å². The van der Waals surface area contributed by atoms with Gasteiger partial charge in [-0.05, 0) is 46.6 Å². The molecule has 0 atom stereocenters. The zero-order valence-electron chi connectivity index (χ0n) is 8.33. The third kappa shape index (κ3) is 3.04. The van der Waals surface area contributed by atoms with E-state index in [0.29, 0.717) is 0 Å². The molecule has 0 amide bonds. The number of thiophene rings is 1. The van der Waals surface area contributed by atoms with E-state index in [0.717, 1.165) is 12.2 Å². The number of hydrogen-bond donors (Lipinski definition) is 1. The summed E-state index contributed by atoms with van der Waals surface area (Å²) >= 11 is 5.19. The van der Waals surface area contributed by atoms with Crippen LogP contribution in [0.4, 0.5) is 5.69 Å². The highest BCUT2D eigenvalue weighted by Crippen LogP contribution is 2.22. The van der Waals surface area contributed by atoms with E-state index in [2.05, 4.69) is 44.4 Å². The van der Waals surface area contributed by atoms with Gasteiger partial charge in [0.1, 0.15) is 0 Å². The van der Waals surface area contributed by atoms with Crippen LogP contribution in [0.1, 0.15) is 10.4 Å². The van der Waals surface area contributed by atoms with E-state index in [1.807, 2.05) is 19.3 Å². The molecule has 0 spiro atoms. The van der Waals surface area contributed by atoms with Gasteiger partial charge in [0.2, 0.25) is 0 Å². The molecule has 0 fully saturated rings. The van der Waals surface area contributed by atoms with Gasteiger partial charge in [0.05, 0.1) is 9.47 Å². The van der Waals surface area contributed by atoms with Crippen LogP contribution in [-0.4, -0.2) is 4.98 Å². The lowest BCUT2D eigenvalue weighted by atomic mass is 10.3. The number of aromatic nitrogens is 1. The molecule has 0 saturated carbocycles. The molecule has 0 bridgehead atoms. The van der Waals surface area contributed by atoms with Gasteiger partial charge in [-0.25, -0.2) is 0 Å². The van der Waals surface area contributed by atoms with E-state index in [9.17, 15) is 0 Å². The number of nitrogens with one attached hydrogen (secondary N) is 1. The Morgan fingerprint density at radius 2 is 2.27 bits per heavy atom. The average molecular weight is 283 g/mol. The van der Waals surface area contributed by atoms with E-state index >= 15 is 0 Å². The second-order valence-corrected chi connectivity index (χ2v) is 5.86. The number of rotatable bonds is 3. The second kappa shape index (κ2) is 4.77. The van der Waals surface area contributed by atoms with Gasteiger partial charge in [-0.2, -0.15) is 0 Å². The van der Waals surface area contributed by atoms with Crippen LogP contribution in [0.25, 0.3) is 0 Å². The summed E-state index contributed by atoms with van der Waals surface area (Å²) in [6, 6.07) is 6.27. The van der Waals surface area contributed by atoms with Gasteiger partial charge in [-0.3, -0.25) is 4.98 Å². The first kappa shape index (κ1) is 10.6. The fourth-order valence-corrected chi connectivity index (χ4v) is 2.71. The van der Waals surface area contributed by atoms with Gasteiger partial charge in [0.25, 0.3) is 0 Å². The first-order valence-electron chi connectivity index (χ1n) is 4.64. The summed E-state index contributed by atoms with van der Waals surface area (Å²) in [6.45, 7) is 2.89. The van der Waals surface area contributed by atoms with Crippen molar-refractivity contribution in [3.05, 3.63) is 44.8 Å². The first-order chi connectivity index (χ1) is 7.24. The minimum absolute atomic E-state index is 0.849. The number of halogens is 1.